The third-order valence-electron chi connectivity index (χ3n) is 2.71. The molecule has 1 aliphatic rings. The van der Waals surface area contributed by atoms with E-state index in [1.807, 2.05) is 0 Å². The second-order valence-electron chi connectivity index (χ2n) is 3.94. The van der Waals surface area contributed by atoms with Crippen LogP contribution in [0.15, 0.2) is 0 Å². The van der Waals surface area contributed by atoms with Crippen molar-refractivity contribution in [3.63, 3.8) is 0 Å². The fourth-order valence-electron chi connectivity index (χ4n) is 1.78. The molecule has 1 aliphatic heterocycles. The first kappa shape index (κ1) is 11.5. The van der Waals surface area contributed by atoms with Crippen LogP contribution in [0.3, 0.4) is 0 Å². The average Bonchev–Trinajstić information content (AvgIpc) is 2.76. The maximum absolute atomic E-state index is 5.45. The molecule has 1 aromatic rings. The van der Waals surface area contributed by atoms with E-state index in [0.717, 1.165) is 57.3 Å². The first-order chi connectivity index (χ1) is 7.88. The molecule has 2 rings (SSSR count). The number of H-pyrrole nitrogens is 1. The van der Waals surface area contributed by atoms with Crippen LogP contribution in [-0.4, -0.2) is 59.5 Å². The van der Waals surface area contributed by atoms with Crippen molar-refractivity contribution in [3.8, 4) is 0 Å². The Hall–Kier alpha value is -0.980. The number of nitrogens with two attached hydrogens (primary N) is 1. The van der Waals surface area contributed by atoms with Gasteiger partial charge in [-0.05, 0) is 6.54 Å². The second-order valence-corrected chi connectivity index (χ2v) is 3.94. The number of ether oxygens (including phenoxy) is 1. The van der Waals surface area contributed by atoms with Crippen molar-refractivity contribution < 1.29 is 4.74 Å². The molecule has 0 unspecified atom stereocenters. The third-order valence-corrected chi connectivity index (χ3v) is 2.71. The molecule has 90 valence electrons. The van der Waals surface area contributed by atoms with E-state index in [1.54, 1.807) is 0 Å². The van der Waals surface area contributed by atoms with E-state index < -0.39 is 0 Å². The van der Waals surface area contributed by atoms with E-state index in [4.69, 9.17) is 10.5 Å². The summed E-state index contributed by atoms with van der Waals surface area (Å²) in [6.07, 6.45) is 1.66. The number of aromatic amines is 1. The van der Waals surface area contributed by atoms with Crippen LogP contribution in [0.25, 0.3) is 0 Å². The molecule has 0 amide bonds. The van der Waals surface area contributed by atoms with Crippen molar-refractivity contribution in [2.45, 2.75) is 12.8 Å². The molecular weight excluding hydrogens is 206 g/mol. The maximum Gasteiger partial charge on any atom is 0.151 e. The lowest BCUT2D eigenvalue weighted by atomic mass is 10.3. The summed E-state index contributed by atoms with van der Waals surface area (Å²) in [5.74, 6) is 1.77. The zero-order chi connectivity index (χ0) is 11.2. The van der Waals surface area contributed by atoms with Gasteiger partial charge in [-0.1, -0.05) is 0 Å². The van der Waals surface area contributed by atoms with Crippen molar-refractivity contribution in [3.05, 3.63) is 11.6 Å². The van der Waals surface area contributed by atoms with Gasteiger partial charge in [-0.2, -0.15) is 5.10 Å². The molecule has 1 aromatic heterocycles. The quantitative estimate of drug-likeness (QED) is 0.684. The average molecular weight is 225 g/mol. The largest absolute Gasteiger partial charge is 0.379 e. The predicted octanol–water partition coefficient (Wildman–Crippen LogP) is -0.819. The normalized spacial score (nSPS) is 17.8. The molecule has 0 saturated carbocycles. The lowest BCUT2D eigenvalue weighted by molar-refractivity contribution is 0.0382. The molecule has 6 nitrogen and oxygen atoms in total. The number of hydrogen-bond acceptors (Lipinski definition) is 5. The van der Waals surface area contributed by atoms with E-state index in [-0.39, 0.29) is 0 Å². The Labute approximate surface area is 95.2 Å². The number of rotatable bonds is 5. The van der Waals surface area contributed by atoms with Gasteiger partial charge in [0.1, 0.15) is 5.82 Å². The topological polar surface area (TPSA) is 80.1 Å². The van der Waals surface area contributed by atoms with Gasteiger partial charge in [-0.25, -0.2) is 4.98 Å². The first-order valence-electron chi connectivity index (χ1n) is 5.79. The number of hydrogen-bond donors (Lipinski definition) is 2. The third kappa shape index (κ3) is 3.26. The Morgan fingerprint density at radius 2 is 2.12 bits per heavy atom. The highest BCUT2D eigenvalue weighted by molar-refractivity contribution is 4.91. The summed E-state index contributed by atoms with van der Waals surface area (Å²) in [7, 11) is 0. The Morgan fingerprint density at radius 3 is 2.88 bits per heavy atom. The fraction of sp³-hybridized carbons (Fsp3) is 0.800. The van der Waals surface area contributed by atoms with Crippen molar-refractivity contribution in [2.75, 3.05) is 39.4 Å². The molecule has 0 aliphatic carbocycles. The Bertz CT molecular complexity index is 308. The van der Waals surface area contributed by atoms with Crippen molar-refractivity contribution in [1.82, 2.24) is 20.1 Å². The summed E-state index contributed by atoms with van der Waals surface area (Å²) in [5.41, 5.74) is 5.45. The summed E-state index contributed by atoms with van der Waals surface area (Å²) in [4.78, 5) is 6.76. The molecule has 0 bridgehead atoms. The molecule has 0 spiro atoms. The summed E-state index contributed by atoms with van der Waals surface area (Å²) >= 11 is 0. The standard InChI is InChI=1S/C10H19N5O/c11-3-1-9-12-10(14-13-9)2-4-15-5-7-16-8-6-15/h1-8,11H2,(H,12,13,14). The van der Waals surface area contributed by atoms with Crippen LogP contribution in [0, 0.1) is 0 Å². The number of nitrogens with one attached hydrogen (secondary N) is 1. The smallest absolute Gasteiger partial charge is 0.151 e. The summed E-state index contributed by atoms with van der Waals surface area (Å²) in [5, 5.41) is 7.08. The molecule has 1 saturated heterocycles. The van der Waals surface area contributed by atoms with E-state index >= 15 is 0 Å². The minimum absolute atomic E-state index is 0.609. The summed E-state index contributed by atoms with van der Waals surface area (Å²) in [6, 6.07) is 0. The van der Waals surface area contributed by atoms with Gasteiger partial charge >= 0.3 is 0 Å². The molecule has 2 heterocycles. The van der Waals surface area contributed by atoms with Gasteiger partial charge in [0.05, 0.1) is 13.2 Å². The van der Waals surface area contributed by atoms with Crippen LogP contribution >= 0.6 is 0 Å². The SMILES string of the molecule is NCCc1nc(CCN2CCOCC2)n[nH]1. The van der Waals surface area contributed by atoms with Gasteiger partial charge in [-0.3, -0.25) is 10.00 Å². The fourth-order valence-corrected chi connectivity index (χ4v) is 1.78. The van der Waals surface area contributed by atoms with E-state index in [2.05, 4.69) is 20.1 Å². The monoisotopic (exact) mass is 225 g/mol. The van der Waals surface area contributed by atoms with Crippen LogP contribution < -0.4 is 5.73 Å². The molecule has 0 atom stereocenters. The van der Waals surface area contributed by atoms with Gasteiger partial charge in [0.2, 0.25) is 0 Å². The molecule has 0 radical (unpaired) electrons. The van der Waals surface area contributed by atoms with Gasteiger partial charge < -0.3 is 10.5 Å². The molecule has 3 N–H and O–H groups in total. The Kier molecular flexibility index (Phi) is 4.26. The van der Waals surface area contributed by atoms with Crippen LogP contribution in [0.5, 0.6) is 0 Å². The molecule has 0 aromatic carbocycles. The predicted molar refractivity (Wildman–Crippen MR) is 60.1 cm³/mol. The lowest BCUT2D eigenvalue weighted by Gasteiger charge is -2.25. The minimum Gasteiger partial charge on any atom is -0.379 e. The Balaban J connectivity index is 1.75. The van der Waals surface area contributed by atoms with Crippen LogP contribution in [0.4, 0.5) is 0 Å². The number of nitrogens with zero attached hydrogens (tertiary/aromatic N) is 3. The molecule has 16 heavy (non-hydrogen) atoms. The molecule has 6 heteroatoms. The van der Waals surface area contributed by atoms with Crippen molar-refractivity contribution in [1.29, 1.82) is 0 Å². The summed E-state index contributed by atoms with van der Waals surface area (Å²) in [6.45, 7) is 5.32. The Morgan fingerprint density at radius 1 is 1.31 bits per heavy atom. The van der Waals surface area contributed by atoms with E-state index in [0.29, 0.717) is 6.54 Å². The van der Waals surface area contributed by atoms with Gasteiger partial charge in [-0.15, -0.1) is 0 Å². The van der Waals surface area contributed by atoms with Crippen LogP contribution in [0.2, 0.25) is 0 Å². The van der Waals surface area contributed by atoms with Crippen LogP contribution in [0.1, 0.15) is 11.6 Å². The second kappa shape index (κ2) is 5.93. The highest BCUT2D eigenvalue weighted by Gasteiger charge is 2.11. The van der Waals surface area contributed by atoms with Crippen LogP contribution in [-0.2, 0) is 17.6 Å². The highest BCUT2D eigenvalue weighted by atomic mass is 16.5. The van der Waals surface area contributed by atoms with Crippen molar-refractivity contribution in [2.24, 2.45) is 5.73 Å². The molecule has 1 fully saturated rings. The summed E-state index contributed by atoms with van der Waals surface area (Å²) < 4.78 is 5.29. The maximum atomic E-state index is 5.45. The number of morpholine rings is 1. The van der Waals surface area contributed by atoms with Gasteiger partial charge in [0.15, 0.2) is 5.82 Å². The minimum atomic E-state index is 0.609. The van der Waals surface area contributed by atoms with E-state index in [1.165, 1.54) is 0 Å². The molecular formula is C10H19N5O. The van der Waals surface area contributed by atoms with Gasteiger partial charge in [0, 0.05) is 32.5 Å². The van der Waals surface area contributed by atoms with Gasteiger partial charge in [0.25, 0.3) is 0 Å². The zero-order valence-corrected chi connectivity index (χ0v) is 9.48. The first-order valence-corrected chi connectivity index (χ1v) is 5.79. The number of aromatic nitrogens is 3. The zero-order valence-electron chi connectivity index (χ0n) is 9.48. The lowest BCUT2D eigenvalue weighted by Crippen LogP contribution is -2.37. The highest BCUT2D eigenvalue weighted by Crippen LogP contribution is 2.00. The van der Waals surface area contributed by atoms with Crippen molar-refractivity contribution >= 4 is 0 Å². The van der Waals surface area contributed by atoms with E-state index in [9.17, 15) is 0 Å².